The predicted molar refractivity (Wildman–Crippen MR) is 112 cm³/mol. The van der Waals surface area contributed by atoms with Gasteiger partial charge in [0.1, 0.15) is 17.4 Å². The van der Waals surface area contributed by atoms with E-state index in [0.717, 1.165) is 6.07 Å². The van der Waals surface area contributed by atoms with E-state index in [1.54, 1.807) is 24.4 Å². The Kier molecular flexibility index (Phi) is 6.88. The van der Waals surface area contributed by atoms with E-state index in [0.29, 0.717) is 17.2 Å². The lowest BCUT2D eigenvalue weighted by molar-refractivity contribution is 0.468. The number of nitrogens with zero attached hydrogens (tertiary/aromatic N) is 6. The van der Waals surface area contributed by atoms with Gasteiger partial charge >= 0.3 is 10.1 Å². The largest absolute Gasteiger partial charge is 0.378 e. The van der Waals surface area contributed by atoms with Crippen LogP contribution >= 0.6 is 0 Å². The number of aromatic nitrogens is 3. The molecular weight excluding hydrogens is 423 g/mol. The number of rotatable bonds is 9. The minimum absolute atomic E-state index is 0.109. The third-order valence-electron chi connectivity index (χ3n) is 4.36. The monoisotopic (exact) mass is 444 g/mol. The molecule has 0 atom stereocenters. The van der Waals surface area contributed by atoms with Crippen molar-refractivity contribution in [2.24, 2.45) is 5.11 Å². The summed E-state index contributed by atoms with van der Waals surface area (Å²) in [7, 11) is -4.36. The first-order valence-corrected chi connectivity index (χ1v) is 10.9. The Bertz CT molecular complexity index is 1200. The summed E-state index contributed by atoms with van der Waals surface area (Å²) < 4.78 is 46.9. The first-order valence-electron chi connectivity index (χ1n) is 9.52. The van der Waals surface area contributed by atoms with Crippen molar-refractivity contribution >= 4 is 10.1 Å². The van der Waals surface area contributed by atoms with E-state index in [-0.39, 0.29) is 36.2 Å². The highest BCUT2D eigenvalue weighted by Crippen LogP contribution is 2.29. The van der Waals surface area contributed by atoms with Crippen LogP contribution in [0.1, 0.15) is 37.0 Å². The zero-order valence-electron chi connectivity index (χ0n) is 17.0. The molecule has 31 heavy (non-hydrogen) atoms. The van der Waals surface area contributed by atoms with Crippen LogP contribution in [0.15, 0.2) is 58.8 Å². The zero-order chi connectivity index (χ0) is 22.4. The normalized spacial score (nSPS) is 11.4. The van der Waals surface area contributed by atoms with Gasteiger partial charge in [0.15, 0.2) is 5.03 Å². The van der Waals surface area contributed by atoms with Crippen LogP contribution in [0.5, 0.6) is 5.75 Å². The second-order valence-corrected chi connectivity index (χ2v) is 8.44. The van der Waals surface area contributed by atoms with Crippen LogP contribution < -0.4 is 4.18 Å². The Morgan fingerprint density at radius 1 is 1.26 bits per heavy atom. The highest BCUT2D eigenvalue weighted by Gasteiger charge is 2.31. The first-order chi connectivity index (χ1) is 14.8. The fraction of sp³-hybridized carbons (Fsp3) is 0.300. The number of azide groups is 1. The standard InChI is InChI=1S/C20H21FN6O3S/c1-14(2)19-20(31(28,29)30-17-8-5-6-15(21)12-17)27(13-16-7-3-4-10-23-16)18(25-19)9-11-24-26-22/h3-8,10,12,14H,9,11,13H2,1-2H3. The highest BCUT2D eigenvalue weighted by atomic mass is 32.2. The van der Waals surface area contributed by atoms with E-state index in [2.05, 4.69) is 20.0 Å². The molecule has 3 aromatic rings. The number of hydrogen-bond acceptors (Lipinski definition) is 6. The summed E-state index contributed by atoms with van der Waals surface area (Å²) in [5.74, 6) is -0.586. The summed E-state index contributed by atoms with van der Waals surface area (Å²) in [5.41, 5.74) is 9.51. The van der Waals surface area contributed by atoms with Gasteiger partial charge in [-0.25, -0.2) is 9.37 Å². The molecular formula is C20H21FN6O3S. The van der Waals surface area contributed by atoms with Crippen LogP contribution in [-0.4, -0.2) is 29.5 Å². The molecule has 11 heteroatoms. The van der Waals surface area contributed by atoms with Gasteiger partial charge in [-0.05, 0) is 35.7 Å². The molecule has 0 saturated carbocycles. The van der Waals surface area contributed by atoms with Crippen molar-refractivity contribution in [1.29, 1.82) is 0 Å². The van der Waals surface area contributed by atoms with E-state index >= 15 is 0 Å². The van der Waals surface area contributed by atoms with E-state index in [9.17, 15) is 12.8 Å². The maximum atomic E-state index is 13.6. The average molecular weight is 444 g/mol. The summed E-state index contributed by atoms with van der Waals surface area (Å²) >= 11 is 0. The number of hydrogen-bond donors (Lipinski definition) is 0. The average Bonchev–Trinajstić information content (AvgIpc) is 3.08. The molecule has 0 saturated heterocycles. The summed E-state index contributed by atoms with van der Waals surface area (Å²) in [4.78, 5) is 11.5. The van der Waals surface area contributed by atoms with Gasteiger partial charge in [0.05, 0.1) is 17.9 Å². The molecule has 0 N–H and O–H groups in total. The van der Waals surface area contributed by atoms with Crippen LogP contribution in [0.25, 0.3) is 10.4 Å². The lowest BCUT2D eigenvalue weighted by Gasteiger charge is -2.14. The van der Waals surface area contributed by atoms with Crippen LogP contribution in [0, 0.1) is 5.82 Å². The number of halogens is 1. The van der Waals surface area contributed by atoms with E-state index in [1.807, 2.05) is 13.8 Å². The molecule has 0 aliphatic rings. The molecule has 3 rings (SSSR count). The van der Waals surface area contributed by atoms with Gasteiger partial charge in [-0.15, -0.1) is 0 Å². The van der Waals surface area contributed by atoms with Gasteiger partial charge in [-0.3, -0.25) is 4.98 Å². The Morgan fingerprint density at radius 2 is 2.06 bits per heavy atom. The fourth-order valence-corrected chi connectivity index (χ4v) is 4.44. The van der Waals surface area contributed by atoms with E-state index < -0.39 is 15.9 Å². The quantitative estimate of drug-likeness (QED) is 0.212. The Morgan fingerprint density at radius 3 is 2.71 bits per heavy atom. The van der Waals surface area contributed by atoms with E-state index in [4.69, 9.17) is 9.71 Å². The third kappa shape index (κ3) is 5.39. The Hall–Kier alpha value is -3.43. The van der Waals surface area contributed by atoms with Gasteiger partial charge in [0, 0.05) is 30.1 Å². The van der Waals surface area contributed by atoms with Crippen molar-refractivity contribution in [3.63, 3.8) is 0 Å². The molecule has 1 aromatic carbocycles. The molecule has 0 amide bonds. The molecule has 0 aliphatic carbocycles. The van der Waals surface area contributed by atoms with Crippen molar-refractivity contribution in [2.75, 3.05) is 6.54 Å². The third-order valence-corrected chi connectivity index (χ3v) is 5.67. The van der Waals surface area contributed by atoms with Crippen LogP contribution in [0.4, 0.5) is 4.39 Å². The van der Waals surface area contributed by atoms with Crippen molar-refractivity contribution in [3.05, 3.63) is 82.1 Å². The van der Waals surface area contributed by atoms with Crippen molar-refractivity contribution in [2.45, 2.75) is 37.8 Å². The lowest BCUT2D eigenvalue weighted by atomic mass is 10.1. The lowest BCUT2D eigenvalue weighted by Crippen LogP contribution is -2.19. The molecule has 162 valence electrons. The summed E-state index contributed by atoms with van der Waals surface area (Å²) in [6, 6.07) is 10.2. The number of pyridine rings is 1. The second-order valence-electron chi connectivity index (χ2n) is 6.98. The van der Waals surface area contributed by atoms with E-state index in [1.165, 1.54) is 22.8 Å². The molecule has 0 fully saturated rings. The van der Waals surface area contributed by atoms with Gasteiger partial charge in [-0.2, -0.15) is 8.42 Å². The molecule has 0 aliphatic heterocycles. The number of benzene rings is 1. The zero-order valence-corrected chi connectivity index (χ0v) is 17.8. The summed E-state index contributed by atoms with van der Waals surface area (Å²) in [6.45, 7) is 3.85. The number of imidazole rings is 1. The topological polar surface area (TPSA) is 123 Å². The maximum absolute atomic E-state index is 13.6. The molecule has 0 unspecified atom stereocenters. The second kappa shape index (κ2) is 9.59. The maximum Gasteiger partial charge on any atom is 0.357 e. The minimum Gasteiger partial charge on any atom is -0.378 e. The summed E-state index contributed by atoms with van der Waals surface area (Å²) in [6.07, 6.45) is 1.83. The Balaban J connectivity index is 2.13. The molecule has 0 bridgehead atoms. The fourth-order valence-electron chi connectivity index (χ4n) is 3.03. The predicted octanol–water partition coefficient (Wildman–Crippen LogP) is 4.21. The van der Waals surface area contributed by atoms with Crippen LogP contribution in [-0.2, 0) is 23.1 Å². The molecule has 2 aromatic heterocycles. The smallest absolute Gasteiger partial charge is 0.357 e. The van der Waals surface area contributed by atoms with Crippen LogP contribution in [0.3, 0.4) is 0 Å². The van der Waals surface area contributed by atoms with Crippen molar-refractivity contribution < 1.29 is 17.0 Å². The van der Waals surface area contributed by atoms with Gasteiger partial charge in [-0.1, -0.05) is 31.1 Å². The van der Waals surface area contributed by atoms with Crippen molar-refractivity contribution in [3.8, 4) is 5.75 Å². The molecule has 2 heterocycles. The van der Waals surface area contributed by atoms with Crippen LogP contribution in [0.2, 0.25) is 0 Å². The van der Waals surface area contributed by atoms with Gasteiger partial charge < -0.3 is 8.75 Å². The van der Waals surface area contributed by atoms with Gasteiger partial charge in [0.25, 0.3) is 0 Å². The van der Waals surface area contributed by atoms with Crippen molar-refractivity contribution in [1.82, 2.24) is 14.5 Å². The molecule has 0 radical (unpaired) electrons. The Labute approximate surface area is 179 Å². The minimum atomic E-state index is -4.36. The molecule has 9 nitrogen and oxygen atoms in total. The van der Waals surface area contributed by atoms with Gasteiger partial charge in [0.2, 0.25) is 0 Å². The highest BCUT2D eigenvalue weighted by molar-refractivity contribution is 7.87. The molecule has 0 spiro atoms. The SMILES string of the molecule is CC(C)c1nc(CCN=[N+]=[N-])n(Cc2ccccn2)c1S(=O)(=O)Oc1cccc(F)c1. The first kappa shape index (κ1) is 22.3. The summed E-state index contributed by atoms with van der Waals surface area (Å²) in [5, 5.41) is 3.40.